The number of methoxy groups -OCH3 is 4. The smallest absolute Gasteiger partial charge is 0.258 e. The maximum atomic E-state index is 12.7. The number of carbonyl (C=O) groups excluding carboxylic acids is 1. The molecule has 32 heavy (non-hydrogen) atoms. The number of hydrogen-bond acceptors (Lipinski definition) is 8. The molecule has 0 aliphatic carbocycles. The van der Waals surface area contributed by atoms with Crippen LogP contribution in [-0.4, -0.2) is 55.9 Å². The number of ether oxygens (including phenoxy) is 4. The van der Waals surface area contributed by atoms with Crippen molar-refractivity contribution < 1.29 is 28.3 Å². The largest absolute Gasteiger partial charge is 0.497 e. The highest BCUT2D eigenvalue weighted by Crippen LogP contribution is 2.33. The molecule has 168 valence electrons. The minimum Gasteiger partial charge on any atom is -0.497 e. The van der Waals surface area contributed by atoms with Gasteiger partial charge in [-0.2, -0.15) is 4.98 Å². The molecule has 0 N–H and O–H groups in total. The van der Waals surface area contributed by atoms with Gasteiger partial charge < -0.3 is 28.4 Å². The van der Waals surface area contributed by atoms with Crippen molar-refractivity contribution in [2.75, 3.05) is 35.0 Å². The van der Waals surface area contributed by atoms with Crippen molar-refractivity contribution in [3.63, 3.8) is 0 Å². The van der Waals surface area contributed by atoms with Gasteiger partial charge in [0.15, 0.2) is 5.82 Å². The van der Waals surface area contributed by atoms with Crippen LogP contribution in [0, 0.1) is 0 Å². The van der Waals surface area contributed by atoms with Gasteiger partial charge in [-0.25, -0.2) is 0 Å². The van der Waals surface area contributed by atoms with Crippen molar-refractivity contribution in [3.8, 4) is 34.5 Å². The molecule has 1 atom stereocenters. The maximum absolute atomic E-state index is 12.7. The van der Waals surface area contributed by atoms with Crippen LogP contribution < -0.4 is 18.9 Å². The molecule has 1 aliphatic heterocycles. The summed E-state index contributed by atoms with van der Waals surface area (Å²) in [7, 11) is 6.35. The fraction of sp³-hybridized carbons (Fsp3) is 0.348. The summed E-state index contributed by atoms with van der Waals surface area (Å²) in [5, 5.41) is 4.13. The Bertz CT molecular complexity index is 1090. The Morgan fingerprint density at radius 3 is 2.34 bits per heavy atom. The molecular formula is C23H25N3O6. The van der Waals surface area contributed by atoms with Gasteiger partial charge in [0, 0.05) is 48.7 Å². The van der Waals surface area contributed by atoms with Crippen LogP contribution in [0.5, 0.6) is 23.0 Å². The first-order valence-electron chi connectivity index (χ1n) is 10.1. The Kier molecular flexibility index (Phi) is 6.16. The van der Waals surface area contributed by atoms with Crippen molar-refractivity contribution in [2.24, 2.45) is 0 Å². The Hall–Kier alpha value is -3.75. The summed E-state index contributed by atoms with van der Waals surface area (Å²) in [6.07, 6.45) is 0.318. The second kappa shape index (κ2) is 9.17. The van der Waals surface area contributed by atoms with Gasteiger partial charge in [-0.3, -0.25) is 4.79 Å². The molecule has 9 nitrogen and oxygen atoms in total. The quantitative estimate of drug-likeness (QED) is 0.528. The average molecular weight is 439 g/mol. The molecule has 4 rings (SSSR count). The molecule has 1 fully saturated rings. The highest BCUT2D eigenvalue weighted by atomic mass is 16.5. The molecule has 0 spiro atoms. The topological polar surface area (TPSA) is 96.2 Å². The first-order chi connectivity index (χ1) is 15.5. The maximum Gasteiger partial charge on any atom is 0.258 e. The first kappa shape index (κ1) is 21.5. The zero-order valence-electron chi connectivity index (χ0n) is 18.5. The fourth-order valence-electron chi connectivity index (χ4n) is 3.73. The van der Waals surface area contributed by atoms with Crippen molar-refractivity contribution >= 4 is 5.91 Å². The molecule has 0 bridgehead atoms. The summed E-state index contributed by atoms with van der Waals surface area (Å²) in [5.74, 6) is 3.34. The van der Waals surface area contributed by atoms with Gasteiger partial charge in [-0.05, 0) is 24.3 Å². The fourth-order valence-corrected chi connectivity index (χ4v) is 3.73. The number of aromatic nitrogens is 2. The van der Waals surface area contributed by atoms with E-state index < -0.39 is 0 Å². The lowest BCUT2D eigenvalue weighted by Gasteiger charge is -2.18. The number of likely N-dealkylation sites (tertiary alicyclic amines) is 1. The summed E-state index contributed by atoms with van der Waals surface area (Å²) in [6.45, 7) is 0.925. The Morgan fingerprint density at radius 2 is 1.69 bits per heavy atom. The molecule has 2 heterocycles. The molecule has 1 aromatic heterocycles. The number of carbonyl (C=O) groups is 1. The summed E-state index contributed by atoms with van der Waals surface area (Å²) in [4.78, 5) is 19.0. The Morgan fingerprint density at radius 1 is 0.969 bits per heavy atom. The minimum absolute atomic E-state index is 0.0299. The van der Waals surface area contributed by atoms with Gasteiger partial charge in [0.25, 0.3) is 5.89 Å². The summed E-state index contributed by atoms with van der Waals surface area (Å²) >= 11 is 0. The van der Waals surface area contributed by atoms with Crippen LogP contribution >= 0.6 is 0 Å². The minimum atomic E-state index is -0.156. The predicted molar refractivity (Wildman–Crippen MR) is 115 cm³/mol. The molecule has 2 aromatic carbocycles. The van der Waals surface area contributed by atoms with Gasteiger partial charge in [0.2, 0.25) is 5.91 Å². The first-order valence-corrected chi connectivity index (χ1v) is 10.1. The van der Waals surface area contributed by atoms with E-state index in [2.05, 4.69) is 10.1 Å². The van der Waals surface area contributed by atoms with Crippen LogP contribution in [-0.2, 0) is 11.3 Å². The van der Waals surface area contributed by atoms with E-state index in [1.165, 1.54) is 0 Å². The zero-order chi connectivity index (χ0) is 22.7. The van der Waals surface area contributed by atoms with Crippen LogP contribution in [0.15, 0.2) is 40.9 Å². The second-order valence-corrected chi connectivity index (χ2v) is 7.41. The molecule has 1 unspecified atom stereocenters. The van der Waals surface area contributed by atoms with Gasteiger partial charge in [-0.1, -0.05) is 5.16 Å². The molecule has 1 saturated heterocycles. The number of rotatable bonds is 8. The van der Waals surface area contributed by atoms with Crippen LogP contribution in [0.4, 0.5) is 0 Å². The van der Waals surface area contributed by atoms with E-state index in [0.29, 0.717) is 59.8 Å². The Labute approximate surface area is 185 Å². The lowest BCUT2D eigenvalue weighted by Crippen LogP contribution is -2.24. The Balaban J connectivity index is 1.50. The summed E-state index contributed by atoms with van der Waals surface area (Å²) < 4.78 is 26.8. The molecule has 3 aromatic rings. The van der Waals surface area contributed by atoms with E-state index in [9.17, 15) is 4.79 Å². The van der Waals surface area contributed by atoms with Crippen LogP contribution in [0.2, 0.25) is 0 Å². The van der Waals surface area contributed by atoms with Crippen LogP contribution in [0.25, 0.3) is 11.5 Å². The third kappa shape index (κ3) is 4.32. The molecule has 0 radical (unpaired) electrons. The van der Waals surface area contributed by atoms with E-state index in [-0.39, 0.29) is 11.8 Å². The molecule has 9 heteroatoms. The molecular weight excluding hydrogens is 414 g/mol. The van der Waals surface area contributed by atoms with Gasteiger partial charge >= 0.3 is 0 Å². The standard InChI is InChI=1S/C23H25N3O6/c1-28-17-6-5-14(20(11-17)31-4)12-26-13-16(9-21(26)27)22-24-23(32-25-22)15-7-18(29-2)10-19(8-15)30-3/h5-8,10-11,16H,9,12-13H2,1-4H3. The van der Waals surface area contributed by atoms with Gasteiger partial charge in [-0.15, -0.1) is 0 Å². The van der Waals surface area contributed by atoms with Gasteiger partial charge in [0.05, 0.1) is 28.4 Å². The number of benzene rings is 2. The lowest BCUT2D eigenvalue weighted by molar-refractivity contribution is -0.128. The van der Waals surface area contributed by atoms with Crippen molar-refractivity contribution in [1.82, 2.24) is 15.0 Å². The lowest BCUT2D eigenvalue weighted by atomic mass is 10.1. The molecule has 0 saturated carbocycles. The third-order valence-electron chi connectivity index (χ3n) is 5.48. The van der Waals surface area contributed by atoms with Crippen LogP contribution in [0.3, 0.4) is 0 Å². The highest BCUT2D eigenvalue weighted by Gasteiger charge is 2.34. The average Bonchev–Trinajstić information content (AvgIpc) is 3.46. The van der Waals surface area contributed by atoms with E-state index in [1.54, 1.807) is 57.6 Å². The van der Waals surface area contributed by atoms with Gasteiger partial charge in [0.1, 0.15) is 23.0 Å². The summed E-state index contributed by atoms with van der Waals surface area (Å²) in [6, 6.07) is 10.9. The van der Waals surface area contributed by atoms with Crippen LogP contribution in [0.1, 0.15) is 23.7 Å². The molecule has 1 aliphatic rings. The van der Waals surface area contributed by atoms with E-state index in [1.807, 2.05) is 12.1 Å². The van der Waals surface area contributed by atoms with E-state index >= 15 is 0 Å². The van der Waals surface area contributed by atoms with Crippen molar-refractivity contribution in [2.45, 2.75) is 18.9 Å². The highest BCUT2D eigenvalue weighted by molar-refractivity contribution is 5.79. The third-order valence-corrected chi connectivity index (χ3v) is 5.48. The molecule has 1 amide bonds. The van der Waals surface area contributed by atoms with E-state index in [4.69, 9.17) is 23.5 Å². The number of nitrogens with zero attached hydrogens (tertiary/aromatic N) is 3. The van der Waals surface area contributed by atoms with E-state index in [0.717, 1.165) is 5.56 Å². The zero-order valence-corrected chi connectivity index (χ0v) is 18.5. The van der Waals surface area contributed by atoms with Crippen molar-refractivity contribution in [3.05, 3.63) is 47.8 Å². The summed E-state index contributed by atoms with van der Waals surface area (Å²) in [5.41, 5.74) is 1.59. The monoisotopic (exact) mass is 439 g/mol. The SMILES string of the molecule is COc1cc(OC)cc(-c2nc(C3CC(=O)N(Cc4ccc(OC)cc4OC)C3)no2)c1. The second-order valence-electron chi connectivity index (χ2n) is 7.41. The normalized spacial score (nSPS) is 15.7. The predicted octanol–water partition coefficient (Wildman–Crippen LogP) is 3.29. The number of amides is 1. The number of hydrogen-bond donors (Lipinski definition) is 0. The van der Waals surface area contributed by atoms with Crippen molar-refractivity contribution in [1.29, 1.82) is 0 Å².